The molecule has 1 saturated heterocycles. The second-order valence-corrected chi connectivity index (χ2v) is 4.89. The zero-order valence-electron chi connectivity index (χ0n) is 11.6. The standard InChI is InChI=1S/C13H21N5O/c1-9-12(14)16-10(2)17-13(9)15-6-5-11(19)18-7-3-4-8-18/h3-8H2,1-2H3,(H3,14,15,16,17). The monoisotopic (exact) mass is 263 g/mol. The van der Waals surface area contributed by atoms with Crippen molar-refractivity contribution in [3.63, 3.8) is 0 Å². The Morgan fingerprint density at radius 3 is 2.68 bits per heavy atom. The lowest BCUT2D eigenvalue weighted by molar-refractivity contribution is -0.129. The Balaban J connectivity index is 1.87. The largest absolute Gasteiger partial charge is 0.383 e. The molecule has 0 aliphatic carbocycles. The number of rotatable bonds is 4. The van der Waals surface area contributed by atoms with Crippen LogP contribution in [0.2, 0.25) is 0 Å². The van der Waals surface area contributed by atoms with Gasteiger partial charge in [0.1, 0.15) is 17.5 Å². The van der Waals surface area contributed by atoms with E-state index in [1.807, 2.05) is 11.8 Å². The summed E-state index contributed by atoms with van der Waals surface area (Å²) in [4.78, 5) is 22.2. The SMILES string of the molecule is Cc1nc(N)c(C)c(NCCC(=O)N2CCCC2)n1. The predicted octanol–water partition coefficient (Wildman–Crippen LogP) is 1.10. The minimum atomic E-state index is 0.210. The molecule has 3 N–H and O–H groups in total. The van der Waals surface area contributed by atoms with Crippen molar-refractivity contribution in [2.24, 2.45) is 0 Å². The van der Waals surface area contributed by atoms with Gasteiger partial charge < -0.3 is 16.0 Å². The quantitative estimate of drug-likeness (QED) is 0.849. The van der Waals surface area contributed by atoms with Gasteiger partial charge in [-0.3, -0.25) is 4.79 Å². The van der Waals surface area contributed by atoms with Gasteiger partial charge in [-0.05, 0) is 26.7 Å². The van der Waals surface area contributed by atoms with Gasteiger partial charge in [0.25, 0.3) is 0 Å². The minimum Gasteiger partial charge on any atom is -0.383 e. The Bertz CT molecular complexity index is 468. The molecule has 0 spiro atoms. The molecule has 19 heavy (non-hydrogen) atoms. The van der Waals surface area contributed by atoms with Crippen molar-refractivity contribution in [1.82, 2.24) is 14.9 Å². The van der Waals surface area contributed by atoms with Gasteiger partial charge in [-0.1, -0.05) is 0 Å². The summed E-state index contributed by atoms with van der Waals surface area (Å²) in [5.74, 6) is 2.05. The molecule has 104 valence electrons. The van der Waals surface area contributed by atoms with Crippen LogP contribution in [-0.2, 0) is 4.79 Å². The molecule has 0 unspecified atom stereocenters. The minimum absolute atomic E-state index is 0.210. The molecule has 0 bridgehead atoms. The highest BCUT2D eigenvalue weighted by atomic mass is 16.2. The van der Waals surface area contributed by atoms with Crippen LogP contribution in [0.5, 0.6) is 0 Å². The van der Waals surface area contributed by atoms with Crippen LogP contribution in [0.15, 0.2) is 0 Å². The van der Waals surface area contributed by atoms with E-state index in [0.717, 1.165) is 37.3 Å². The Hall–Kier alpha value is -1.85. The lowest BCUT2D eigenvalue weighted by atomic mass is 10.3. The van der Waals surface area contributed by atoms with Crippen molar-refractivity contribution in [3.05, 3.63) is 11.4 Å². The van der Waals surface area contributed by atoms with E-state index in [1.165, 1.54) is 0 Å². The maximum absolute atomic E-state index is 11.9. The van der Waals surface area contributed by atoms with Crippen LogP contribution in [0, 0.1) is 13.8 Å². The molecule has 1 aliphatic heterocycles. The number of hydrogen-bond donors (Lipinski definition) is 2. The number of nitrogens with zero attached hydrogens (tertiary/aromatic N) is 3. The summed E-state index contributed by atoms with van der Waals surface area (Å²) in [6, 6.07) is 0. The Morgan fingerprint density at radius 1 is 1.32 bits per heavy atom. The maximum atomic E-state index is 11.9. The molecule has 1 aliphatic rings. The summed E-state index contributed by atoms with van der Waals surface area (Å²) in [5.41, 5.74) is 6.62. The average molecular weight is 263 g/mol. The molecule has 0 saturated carbocycles. The molecular weight excluding hydrogens is 242 g/mol. The molecule has 6 heteroatoms. The number of amides is 1. The number of nitrogens with two attached hydrogens (primary N) is 1. The summed E-state index contributed by atoms with van der Waals surface area (Å²) in [6.07, 6.45) is 2.74. The van der Waals surface area contributed by atoms with E-state index in [2.05, 4.69) is 15.3 Å². The first-order valence-electron chi connectivity index (χ1n) is 6.70. The lowest BCUT2D eigenvalue weighted by Gasteiger charge is -2.16. The van der Waals surface area contributed by atoms with Crippen LogP contribution in [0.1, 0.15) is 30.7 Å². The number of nitrogen functional groups attached to an aromatic ring is 1. The molecule has 1 aromatic heterocycles. The van der Waals surface area contributed by atoms with E-state index in [9.17, 15) is 4.79 Å². The van der Waals surface area contributed by atoms with Crippen molar-refractivity contribution in [3.8, 4) is 0 Å². The fourth-order valence-electron chi connectivity index (χ4n) is 2.23. The summed E-state index contributed by atoms with van der Waals surface area (Å²) in [6.45, 7) is 6.05. The van der Waals surface area contributed by atoms with Crippen LogP contribution in [-0.4, -0.2) is 40.4 Å². The third-order valence-electron chi connectivity index (χ3n) is 3.39. The molecule has 1 aromatic rings. The molecule has 2 rings (SSSR count). The van der Waals surface area contributed by atoms with E-state index in [0.29, 0.717) is 24.6 Å². The second kappa shape index (κ2) is 5.86. The number of aryl methyl sites for hydroxylation is 1. The van der Waals surface area contributed by atoms with Crippen LogP contribution < -0.4 is 11.1 Å². The van der Waals surface area contributed by atoms with E-state index < -0.39 is 0 Å². The van der Waals surface area contributed by atoms with Crippen molar-refractivity contribution in [1.29, 1.82) is 0 Å². The van der Waals surface area contributed by atoms with Gasteiger partial charge in [-0.15, -0.1) is 0 Å². The number of carbonyl (C=O) groups is 1. The molecule has 0 aromatic carbocycles. The van der Waals surface area contributed by atoms with Crippen molar-refractivity contribution >= 4 is 17.5 Å². The fraction of sp³-hybridized carbons (Fsp3) is 0.615. The molecule has 1 amide bonds. The lowest BCUT2D eigenvalue weighted by Crippen LogP contribution is -2.29. The van der Waals surface area contributed by atoms with E-state index in [-0.39, 0.29) is 5.91 Å². The fourth-order valence-corrected chi connectivity index (χ4v) is 2.23. The van der Waals surface area contributed by atoms with Gasteiger partial charge >= 0.3 is 0 Å². The molecule has 6 nitrogen and oxygen atoms in total. The third-order valence-corrected chi connectivity index (χ3v) is 3.39. The van der Waals surface area contributed by atoms with Gasteiger partial charge in [0, 0.05) is 31.6 Å². The zero-order chi connectivity index (χ0) is 13.8. The van der Waals surface area contributed by atoms with E-state index in [1.54, 1.807) is 6.92 Å². The summed E-state index contributed by atoms with van der Waals surface area (Å²) >= 11 is 0. The van der Waals surface area contributed by atoms with Gasteiger partial charge in [-0.2, -0.15) is 0 Å². The highest BCUT2D eigenvalue weighted by Gasteiger charge is 2.17. The zero-order valence-corrected chi connectivity index (χ0v) is 11.6. The topological polar surface area (TPSA) is 84.1 Å². The second-order valence-electron chi connectivity index (χ2n) is 4.89. The van der Waals surface area contributed by atoms with Crippen LogP contribution in [0.25, 0.3) is 0 Å². The number of aromatic nitrogens is 2. The maximum Gasteiger partial charge on any atom is 0.224 e. The first kappa shape index (κ1) is 13.6. The van der Waals surface area contributed by atoms with E-state index in [4.69, 9.17) is 5.73 Å². The predicted molar refractivity (Wildman–Crippen MR) is 74.8 cm³/mol. The molecule has 1 fully saturated rings. The number of anilines is 2. The van der Waals surface area contributed by atoms with Crippen molar-refractivity contribution < 1.29 is 4.79 Å². The first-order valence-corrected chi connectivity index (χ1v) is 6.70. The number of carbonyl (C=O) groups excluding carboxylic acids is 1. The first-order chi connectivity index (χ1) is 9.08. The van der Waals surface area contributed by atoms with Crippen LogP contribution in [0.4, 0.5) is 11.6 Å². The number of hydrogen-bond acceptors (Lipinski definition) is 5. The third kappa shape index (κ3) is 3.33. The van der Waals surface area contributed by atoms with Crippen molar-refractivity contribution in [2.45, 2.75) is 33.1 Å². The average Bonchev–Trinajstić information content (AvgIpc) is 2.88. The normalized spacial score (nSPS) is 14.7. The summed E-state index contributed by atoms with van der Waals surface area (Å²) in [7, 11) is 0. The van der Waals surface area contributed by atoms with Gasteiger partial charge in [-0.25, -0.2) is 9.97 Å². The van der Waals surface area contributed by atoms with Gasteiger partial charge in [0.05, 0.1) is 0 Å². The smallest absolute Gasteiger partial charge is 0.224 e. The molecule has 0 radical (unpaired) electrons. The molecular formula is C13H21N5O. The van der Waals surface area contributed by atoms with E-state index >= 15 is 0 Å². The summed E-state index contributed by atoms with van der Waals surface area (Å²) < 4.78 is 0. The molecule has 2 heterocycles. The van der Waals surface area contributed by atoms with Gasteiger partial charge in [0.2, 0.25) is 5.91 Å². The Morgan fingerprint density at radius 2 is 2.00 bits per heavy atom. The number of nitrogens with one attached hydrogen (secondary N) is 1. The number of likely N-dealkylation sites (tertiary alicyclic amines) is 1. The van der Waals surface area contributed by atoms with Crippen molar-refractivity contribution in [2.75, 3.05) is 30.7 Å². The molecule has 0 atom stereocenters. The highest BCUT2D eigenvalue weighted by Crippen LogP contribution is 2.17. The van der Waals surface area contributed by atoms with Crippen LogP contribution in [0.3, 0.4) is 0 Å². The van der Waals surface area contributed by atoms with Gasteiger partial charge in [0.15, 0.2) is 0 Å². The van der Waals surface area contributed by atoms with Crippen LogP contribution >= 0.6 is 0 Å². The Kier molecular flexibility index (Phi) is 4.19. The summed E-state index contributed by atoms with van der Waals surface area (Å²) in [5, 5.41) is 3.17. The highest BCUT2D eigenvalue weighted by molar-refractivity contribution is 5.77. The Labute approximate surface area is 113 Å².